The molecule has 0 fully saturated rings. The number of nitrogens with one attached hydrogen (secondary N) is 2. The number of carbonyl (C=O) groups is 1. The minimum atomic E-state index is -0.372. The van der Waals surface area contributed by atoms with Gasteiger partial charge in [0.05, 0.1) is 0 Å². The Hall–Kier alpha value is -2.32. The molecule has 5 nitrogen and oxygen atoms in total. The molecule has 24 heavy (non-hydrogen) atoms. The summed E-state index contributed by atoms with van der Waals surface area (Å²) in [6.07, 6.45) is 5.32. The molecule has 0 saturated heterocycles. The normalized spacial score (nSPS) is 11.0. The Morgan fingerprint density at radius 2 is 1.92 bits per heavy atom. The van der Waals surface area contributed by atoms with E-state index in [9.17, 15) is 4.79 Å². The van der Waals surface area contributed by atoms with Gasteiger partial charge in [-0.2, -0.15) is 5.26 Å². The predicted octanol–water partition coefficient (Wildman–Crippen LogP) is 3.39. The highest BCUT2D eigenvalue weighted by Crippen LogP contribution is 2.10. The number of hydrogen-bond acceptors (Lipinski definition) is 4. The maximum absolute atomic E-state index is 11.9. The van der Waals surface area contributed by atoms with E-state index in [-0.39, 0.29) is 11.5 Å². The number of hydrogen-bond donors (Lipinski definition) is 2. The lowest BCUT2D eigenvalue weighted by molar-refractivity contribution is -0.117. The lowest BCUT2D eigenvalue weighted by atomic mass is 10.1. The van der Waals surface area contributed by atoms with E-state index in [4.69, 9.17) is 10.00 Å². The van der Waals surface area contributed by atoms with Crippen molar-refractivity contribution >= 4 is 11.6 Å². The van der Waals surface area contributed by atoms with Crippen molar-refractivity contribution in [2.45, 2.75) is 39.5 Å². The van der Waals surface area contributed by atoms with Crippen molar-refractivity contribution in [2.75, 3.05) is 25.1 Å². The molecule has 0 saturated carbocycles. The Kier molecular flexibility index (Phi) is 9.98. The largest absolute Gasteiger partial charge is 0.381 e. The number of amides is 1. The molecule has 0 atom stereocenters. The Labute approximate surface area is 144 Å². The summed E-state index contributed by atoms with van der Waals surface area (Å²) in [5, 5.41) is 14.8. The minimum Gasteiger partial charge on any atom is -0.381 e. The fourth-order valence-electron chi connectivity index (χ4n) is 1.96. The Morgan fingerprint density at radius 3 is 2.54 bits per heavy atom. The first-order valence-corrected chi connectivity index (χ1v) is 8.53. The highest BCUT2D eigenvalue weighted by Gasteiger charge is 2.07. The van der Waals surface area contributed by atoms with E-state index in [0.29, 0.717) is 13.2 Å². The van der Waals surface area contributed by atoms with Gasteiger partial charge in [0, 0.05) is 31.6 Å². The van der Waals surface area contributed by atoms with Crippen LogP contribution in [0.25, 0.3) is 0 Å². The van der Waals surface area contributed by atoms with Crippen LogP contribution in [0.4, 0.5) is 5.69 Å². The Balaban J connectivity index is 2.35. The molecule has 0 aliphatic heterocycles. The molecule has 5 heteroatoms. The van der Waals surface area contributed by atoms with Crippen molar-refractivity contribution in [3.63, 3.8) is 0 Å². The molecule has 0 aromatic heterocycles. The van der Waals surface area contributed by atoms with Gasteiger partial charge in [-0.3, -0.25) is 4.79 Å². The van der Waals surface area contributed by atoms with Crippen LogP contribution in [-0.2, 0) is 16.0 Å². The molecule has 1 aromatic carbocycles. The van der Waals surface area contributed by atoms with Gasteiger partial charge >= 0.3 is 0 Å². The van der Waals surface area contributed by atoms with Gasteiger partial charge < -0.3 is 15.4 Å². The predicted molar refractivity (Wildman–Crippen MR) is 96.5 cm³/mol. The molecule has 130 valence electrons. The Morgan fingerprint density at radius 1 is 1.21 bits per heavy atom. The van der Waals surface area contributed by atoms with E-state index in [1.165, 1.54) is 11.8 Å². The summed E-state index contributed by atoms with van der Waals surface area (Å²) in [5.74, 6) is -0.372. The molecule has 0 spiro atoms. The molecular weight excluding hydrogens is 302 g/mol. The van der Waals surface area contributed by atoms with E-state index in [0.717, 1.165) is 38.0 Å². The van der Waals surface area contributed by atoms with Crippen molar-refractivity contribution < 1.29 is 9.53 Å². The highest BCUT2D eigenvalue weighted by molar-refractivity contribution is 5.97. The third-order valence-electron chi connectivity index (χ3n) is 3.50. The van der Waals surface area contributed by atoms with Crippen LogP contribution in [0.5, 0.6) is 0 Å². The Bertz CT molecular complexity index is 559. The summed E-state index contributed by atoms with van der Waals surface area (Å²) >= 11 is 0. The zero-order valence-corrected chi connectivity index (χ0v) is 14.6. The van der Waals surface area contributed by atoms with E-state index in [2.05, 4.69) is 24.5 Å². The number of benzene rings is 1. The first-order chi connectivity index (χ1) is 11.7. The number of anilines is 1. The van der Waals surface area contributed by atoms with Crippen LogP contribution < -0.4 is 10.6 Å². The molecular formula is C19H27N3O2. The second kappa shape index (κ2) is 12.1. The van der Waals surface area contributed by atoms with Gasteiger partial charge in [-0.05, 0) is 37.0 Å². The number of nitrogens with zero attached hydrogens (tertiary/aromatic N) is 1. The number of ether oxygens (including phenoxy) is 1. The first kappa shape index (κ1) is 19.7. The molecule has 0 heterocycles. The quantitative estimate of drug-likeness (QED) is 0.371. The van der Waals surface area contributed by atoms with Gasteiger partial charge in [-0.1, -0.05) is 32.4 Å². The standard InChI is InChI=1S/C19H27N3O2/c1-3-5-12-24-13-6-11-21-19(23)17(14-20)15-22-18-9-7-16(4-2)8-10-18/h7-10,15,22H,3-6,11-13H2,1-2H3,(H,21,23)/b17-15-. The zero-order valence-electron chi connectivity index (χ0n) is 14.6. The van der Waals surface area contributed by atoms with Gasteiger partial charge in [0.15, 0.2) is 0 Å². The van der Waals surface area contributed by atoms with E-state index in [1.807, 2.05) is 30.3 Å². The van der Waals surface area contributed by atoms with Crippen LogP contribution in [0.15, 0.2) is 36.0 Å². The molecule has 0 aliphatic rings. The smallest absolute Gasteiger partial charge is 0.263 e. The van der Waals surface area contributed by atoms with Crippen LogP contribution in [0, 0.1) is 11.3 Å². The second-order valence-electron chi connectivity index (χ2n) is 5.44. The van der Waals surface area contributed by atoms with Crippen LogP contribution in [0.1, 0.15) is 38.7 Å². The summed E-state index contributed by atoms with van der Waals surface area (Å²) < 4.78 is 5.42. The minimum absolute atomic E-state index is 0.0569. The average molecular weight is 329 g/mol. The molecule has 0 aliphatic carbocycles. The topological polar surface area (TPSA) is 74.1 Å². The molecule has 0 radical (unpaired) electrons. The van der Waals surface area contributed by atoms with Crippen molar-refractivity contribution in [3.8, 4) is 6.07 Å². The monoisotopic (exact) mass is 329 g/mol. The molecule has 1 amide bonds. The average Bonchev–Trinajstić information content (AvgIpc) is 2.62. The number of rotatable bonds is 11. The van der Waals surface area contributed by atoms with Crippen LogP contribution in [0.2, 0.25) is 0 Å². The van der Waals surface area contributed by atoms with Gasteiger partial charge in [-0.25, -0.2) is 0 Å². The molecule has 2 N–H and O–H groups in total. The number of unbranched alkanes of at least 4 members (excludes halogenated alkanes) is 1. The lowest BCUT2D eigenvalue weighted by Crippen LogP contribution is -2.26. The van der Waals surface area contributed by atoms with Crippen LogP contribution in [-0.4, -0.2) is 25.7 Å². The highest BCUT2D eigenvalue weighted by atomic mass is 16.5. The maximum Gasteiger partial charge on any atom is 0.263 e. The van der Waals surface area contributed by atoms with E-state index >= 15 is 0 Å². The lowest BCUT2D eigenvalue weighted by Gasteiger charge is -2.06. The summed E-state index contributed by atoms with van der Waals surface area (Å²) in [5.41, 5.74) is 2.14. The zero-order chi connectivity index (χ0) is 17.6. The van der Waals surface area contributed by atoms with E-state index < -0.39 is 0 Å². The number of nitriles is 1. The molecule has 0 unspecified atom stereocenters. The number of aryl methyl sites for hydroxylation is 1. The fraction of sp³-hybridized carbons (Fsp3) is 0.474. The SMILES string of the molecule is CCCCOCCCNC(=O)/C(C#N)=C\Nc1ccc(CC)cc1. The summed E-state index contributed by atoms with van der Waals surface area (Å²) in [4.78, 5) is 11.9. The maximum atomic E-state index is 11.9. The first-order valence-electron chi connectivity index (χ1n) is 8.53. The molecule has 1 aromatic rings. The van der Waals surface area contributed by atoms with Gasteiger partial charge in [0.1, 0.15) is 11.6 Å². The van der Waals surface area contributed by atoms with Crippen LogP contribution in [0.3, 0.4) is 0 Å². The van der Waals surface area contributed by atoms with Gasteiger partial charge in [0.25, 0.3) is 5.91 Å². The van der Waals surface area contributed by atoms with Crippen molar-refractivity contribution in [1.82, 2.24) is 5.32 Å². The molecule has 1 rings (SSSR count). The van der Waals surface area contributed by atoms with Gasteiger partial charge in [-0.15, -0.1) is 0 Å². The van der Waals surface area contributed by atoms with Crippen molar-refractivity contribution in [2.24, 2.45) is 0 Å². The van der Waals surface area contributed by atoms with Gasteiger partial charge in [0.2, 0.25) is 0 Å². The van der Waals surface area contributed by atoms with E-state index in [1.54, 1.807) is 0 Å². The number of carbonyl (C=O) groups excluding carboxylic acids is 1. The van der Waals surface area contributed by atoms with Crippen LogP contribution >= 0.6 is 0 Å². The van der Waals surface area contributed by atoms with Crippen molar-refractivity contribution in [1.29, 1.82) is 5.26 Å². The third-order valence-corrected chi connectivity index (χ3v) is 3.50. The fourth-order valence-corrected chi connectivity index (χ4v) is 1.96. The van der Waals surface area contributed by atoms with Crippen molar-refractivity contribution in [3.05, 3.63) is 41.6 Å². The second-order valence-corrected chi connectivity index (χ2v) is 5.44. The summed E-state index contributed by atoms with van der Waals surface area (Å²) in [6, 6.07) is 9.80. The third kappa shape index (κ3) is 7.80. The summed E-state index contributed by atoms with van der Waals surface area (Å²) in [7, 11) is 0. The molecule has 0 bridgehead atoms. The summed E-state index contributed by atoms with van der Waals surface area (Å²) in [6.45, 7) is 6.08.